The number of hydrogen-bond donors (Lipinski definition) is 0. The zero-order valence-electron chi connectivity index (χ0n) is 23.1. The zero-order chi connectivity index (χ0) is 27.6. The van der Waals surface area contributed by atoms with Crippen molar-refractivity contribution in [3.05, 3.63) is 59.2 Å². The van der Waals surface area contributed by atoms with Crippen LogP contribution in [0.3, 0.4) is 0 Å². The number of carbonyl (C=O) groups excluding carboxylic acids is 5. The summed E-state index contributed by atoms with van der Waals surface area (Å²) < 4.78 is 0. The molecule has 37 heavy (non-hydrogen) atoms. The second-order valence-electron chi connectivity index (χ2n) is 12.5. The van der Waals surface area contributed by atoms with Gasteiger partial charge in [-0.15, -0.1) is 0 Å². The van der Waals surface area contributed by atoms with Crippen LogP contribution in [-0.4, -0.2) is 28.9 Å². The standard InChI is InChI=1S/C32H38O5/c1-19(2)13-15-30-18-24-23(17-21(5)33)32(27(30)36,25(34)22-11-9-8-10-12-22)28(37)31(26(30)35,29(24,6)7)16-14-20(3)4/h8-14,23-24H,15-18H2,1-7H3/t23-,24-,30-,31+,32+/m0/s1. The van der Waals surface area contributed by atoms with Crippen molar-refractivity contribution in [2.75, 3.05) is 0 Å². The van der Waals surface area contributed by atoms with Gasteiger partial charge < -0.3 is 4.79 Å². The predicted octanol–water partition coefficient (Wildman–Crippen LogP) is 5.92. The molecular weight excluding hydrogens is 464 g/mol. The average molecular weight is 503 g/mol. The Hall–Kier alpha value is -2.95. The first-order valence-corrected chi connectivity index (χ1v) is 13.2. The largest absolute Gasteiger partial charge is 0.300 e. The SMILES string of the molecule is CC(=O)C[C@H]1[C@@H]2C[C@]3(CC=C(C)C)C(=O)[C@@]1(C(=O)c1ccccc1)C(=O)[C@@](CC=C(C)C)(C3=O)C2(C)C. The summed E-state index contributed by atoms with van der Waals surface area (Å²) in [5, 5.41) is 0. The molecule has 1 aromatic carbocycles. The molecule has 0 aromatic heterocycles. The molecule has 5 nitrogen and oxygen atoms in total. The van der Waals surface area contributed by atoms with Gasteiger partial charge in [0.15, 0.2) is 28.5 Å². The van der Waals surface area contributed by atoms with E-state index in [-0.39, 0.29) is 48.7 Å². The molecule has 4 aliphatic rings. The molecule has 0 saturated heterocycles. The maximum Gasteiger partial charge on any atom is 0.184 e. The fourth-order valence-corrected chi connectivity index (χ4v) is 7.68. The first-order valence-electron chi connectivity index (χ1n) is 13.2. The van der Waals surface area contributed by atoms with Gasteiger partial charge in [0.1, 0.15) is 5.78 Å². The average Bonchev–Trinajstić information content (AvgIpc) is 2.82. The van der Waals surface area contributed by atoms with E-state index in [1.807, 2.05) is 53.7 Å². The van der Waals surface area contributed by atoms with Gasteiger partial charge in [-0.05, 0) is 71.1 Å². The Kier molecular flexibility index (Phi) is 6.46. The molecule has 5 heteroatoms. The molecular formula is C32H38O5. The number of allylic oxidation sites excluding steroid dienone is 4. The van der Waals surface area contributed by atoms with Crippen molar-refractivity contribution in [3.63, 3.8) is 0 Å². The van der Waals surface area contributed by atoms with Crippen molar-refractivity contribution < 1.29 is 24.0 Å². The third-order valence-corrected chi connectivity index (χ3v) is 9.57. The lowest BCUT2D eigenvalue weighted by atomic mass is 9.26. The van der Waals surface area contributed by atoms with Crippen LogP contribution < -0.4 is 0 Å². The van der Waals surface area contributed by atoms with E-state index in [0.717, 1.165) is 11.1 Å². The smallest absolute Gasteiger partial charge is 0.184 e. The molecule has 0 unspecified atom stereocenters. The summed E-state index contributed by atoms with van der Waals surface area (Å²) in [6, 6.07) is 8.41. The summed E-state index contributed by atoms with van der Waals surface area (Å²) >= 11 is 0. The first kappa shape index (κ1) is 27.1. The molecule has 1 aromatic rings. The predicted molar refractivity (Wildman–Crippen MR) is 142 cm³/mol. The summed E-state index contributed by atoms with van der Waals surface area (Å²) in [7, 11) is 0. The van der Waals surface area contributed by atoms with Gasteiger partial charge in [0.2, 0.25) is 0 Å². The quantitative estimate of drug-likeness (QED) is 0.250. The minimum atomic E-state index is -2.05. The summed E-state index contributed by atoms with van der Waals surface area (Å²) in [6.07, 6.45) is 4.31. The maximum atomic E-state index is 14.9. The molecule has 196 valence electrons. The van der Waals surface area contributed by atoms with E-state index in [1.54, 1.807) is 30.3 Å². The van der Waals surface area contributed by atoms with E-state index < -0.39 is 44.9 Å². The Morgan fingerprint density at radius 3 is 1.95 bits per heavy atom. The minimum absolute atomic E-state index is 0.0458. The van der Waals surface area contributed by atoms with Crippen LogP contribution in [0.5, 0.6) is 0 Å². The van der Waals surface area contributed by atoms with Crippen molar-refractivity contribution in [1.82, 2.24) is 0 Å². The van der Waals surface area contributed by atoms with Gasteiger partial charge in [-0.25, -0.2) is 0 Å². The summed E-state index contributed by atoms with van der Waals surface area (Å²) in [4.78, 5) is 71.4. The van der Waals surface area contributed by atoms with Crippen molar-refractivity contribution in [1.29, 1.82) is 0 Å². The van der Waals surface area contributed by atoms with E-state index in [1.165, 1.54) is 6.92 Å². The lowest BCUT2D eigenvalue weighted by Gasteiger charge is -2.71. The molecule has 0 radical (unpaired) electrons. The number of ketones is 5. The van der Waals surface area contributed by atoms with E-state index in [4.69, 9.17) is 0 Å². The highest BCUT2D eigenvalue weighted by molar-refractivity contribution is 6.42. The molecule has 5 rings (SSSR count). The minimum Gasteiger partial charge on any atom is -0.300 e. The van der Waals surface area contributed by atoms with Crippen molar-refractivity contribution in [2.45, 2.75) is 74.1 Å². The maximum absolute atomic E-state index is 14.9. The van der Waals surface area contributed by atoms with Gasteiger partial charge in [-0.1, -0.05) is 67.5 Å². The Bertz CT molecular complexity index is 1260. The van der Waals surface area contributed by atoms with Gasteiger partial charge >= 0.3 is 0 Å². The number of hydrogen-bond acceptors (Lipinski definition) is 5. The zero-order valence-corrected chi connectivity index (χ0v) is 23.1. The fourth-order valence-electron chi connectivity index (χ4n) is 7.68. The Balaban J connectivity index is 2.12. The van der Waals surface area contributed by atoms with Crippen LogP contribution in [0.1, 0.15) is 84.5 Å². The molecule has 4 fully saturated rings. The highest BCUT2D eigenvalue weighted by atomic mass is 16.2. The van der Waals surface area contributed by atoms with Crippen LogP contribution in [-0.2, 0) is 19.2 Å². The van der Waals surface area contributed by atoms with Crippen LogP contribution in [0.4, 0.5) is 0 Å². The topological polar surface area (TPSA) is 85.3 Å². The molecule has 0 amide bonds. The van der Waals surface area contributed by atoms with Crippen LogP contribution in [0.15, 0.2) is 53.6 Å². The van der Waals surface area contributed by atoms with Crippen molar-refractivity contribution >= 4 is 28.9 Å². The normalized spacial score (nSPS) is 33.3. The Morgan fingerprint density at radius 1 is 0.838 bits per heavy atom. The highest BCUT2D eigenvalue weighted by Crippen LogP contribution is 2.75. The van der Waals surface area contributed by atoms with E-state index in [0.29, 0.717) is 0 Å². The molecule has 4 saturated carbocycles. The number of Topliss-reactive ketones (excluding diaryl/α,β-unsaturated/α-hetero) is 5. The third-order valence-electron chi connectivity index (χ3n) is 9.57. The third kappa shape index (κ3) is 3.38. The molecule has 0 heterocycles. The highest BCUT2D eigenvalue weighted by Gasteiger charge is 2.86. The summed E-state index contributed by atoms with van der Waals surface area (Å²) in [6.45, 7) is 12.9. The molecule has 0 aliphatic heterocycles. The second kappa shape index (κ2) is 8.82. The van der Waals surface area contributed by atoms with Gasteiger partial charge in [-0.2, -0.15) is 0 Å². The fraction of sp³-hybridized carbons (Fsp3) is 0.531. The van der Waals surface area contributed by atoms with Gasteiger partial charge in [0, 0.05) is 12.0 Å². The van der Waals surface area contributed by atoms with Crippen LogP contribution in [0, 0.1) is 33.5 Å². The van der Waals surface area contributed by atoms with Crippen LogP contribution in [0.2, 0.25) is 0 Å². The first-order chi connectivity index (χ1) is 17.2. The molecule has 0 N–H and O–H groups in total. The van der Waals surface area contributed by atoms with Gasteiger partial charge in [0.05, 0.1) is 10.8 Å². The second-order valence-corrected chi connectivity index (χ2v) is 12.5. The molecule has 5 atom stereocenters. The molecule has 4 aliphatic carbocycles. The van der Waals surface area contributed by atoms with Crippen molar-refractivity contribution in [2.24, 2.45) is 33.5 Å². The van der Waals surface area contributed by atoms with Gasteiger partial charge in [0.25, 0.3) is 0 Å². The lowest BCUT2D eigenvalue weighted by Crippen LogP contribution is -2.83. The molecule has 0 spiro atoms. The van der Waals surface area contributed by atoms with Crippen molar-refractivity contribution in [3.8, 4) is 0 Å². The number of benzene rings is 1. The Labute approximate surface area is 219 Å². The van der Waals surface area contributed by atoms with E-state index in [9.17, 15) is 24.0 Å². The van der Waals surface area contributed by atoms with Crippen LogP contribution >= 0.6 is 0 Å². The molecule has 4 bridgehead atoms. The lowest BCUT2D eigenvalue weighted by molar-refractivity contribution is -0.214. The van der Waals surface area contributed by atoms with Crippen LogP contribution in [0.25, 0.3) is 0 Å². The Morgan fingerprint density at radius 2 is 1.41 bits per heavy atom. The van der Waals surface area contributed by atoms with E-state index >= 15 is 0 Å². The number of rotatable bonds is 8. The van der Waals surface area contributed by atoms with E-state index in [2.05, 4.69) is 0 Å². The summed E-state index contributed by atoms with van der Waals surface area (Å²) in [5.41, 5.74) is -3.68. The monoisotopic (exact) mass is 502 g/mol. The number of carbonyl (C=O) groups is 5. The summed E-state index contributed by atoms with van der Waals surface area (Å²) in [5.74, 6) is -3.37. The van der Waals surface area contributed by atoms with Gasteiger partial charge in [-0.3, -0.25) is 19.2 Å².